The molecule has 1 saturated heterocycles. The molecule has 32 heavy (non-hydrogen) atoms. The Bertz CT molecular complexity index is 1090. The summed E-state index contributed by atoms with van der Waals surface area (Å²) < 4.78 is 10.9. The molecule has 0 radical (unpaired) electrons. The molecule has 1 saturated carbocycles. The van der Waals surface area contributed by atoms with E-state index in [2.05, 4.69) is 17.0 Å². The third-order valence-corrected chi connectivity index (χ3v) is 6.69. The lowest BCUT2D eigenvalue weighted by atomic mass is 10.0. The van der Waals surface area contributed by atoms with Crippen LogP contribution in [0.25, 0.3) is 22.4 Å². The van der Waals surface area contributed by atoms with Gasteiger partial charge in [0.2, 0.25) is 0 Å². The average Bonchev–Trinajstić information content (AvgIpc) is 3.61. The average molecular weight is 435 g/mol. The van der Waals surface area contributed by atoms with Crippen molar-refractivity contribution in [3.05, 3.63) is 47.7 Å². The van der Waals surface area contributed by atoms with Crippen molar-refractivity contribution in [2.75, 3.05) is 39.9 Å². The topological polar surface area (TPSA) is 71.7 Å². The number of hydrogen-bond acceptors (Lipinski definition) is 6. The third-order valence-electron chi connectivity index (χ3n) is 6.69. The molecule has 0 N–H and O–H groups in total. The summed E-state index contributed by atoms with van der Waals surface area (Å²) in [5.41, 5.74) is 3.68. The smallest absolute Gasteiger partial charge is 0.259 e. The van der Waals surface area contributed by atoms with Crippen molar-refractivity contribution in [1.82, 2.24) is 19.9 Å². The Balaban J connectivity index is 1.51. The highest BCUT2D eigenvalue weighted by molar-refractivity contribution is 6.09. The maximum absolute atomic E-state index is 13.9. The van der Waals surface area contributed by atoms with Crippen molar-refractivity contribution in [3.8, 4) is 11.3 Å². The SMILES string of the molecule is CCC1CN(C(=O)c2cc(C3CC3)nc3onc(-c4ccccc4)c23)CCN1CCOC. The summed E-state index contributed by atoms with van der Waals surface area (Å²) in [6.45, 7) is 6.06. The molecular weight excluding hydrogens is 404 g/mol. The van der Waals surface area contributed by atoms with Gasteiger partial charge in [0.15, 0.2) is 0 Å². The number of ether oxygens (including phenoxy) is 1. The standard InChI is InChI=1S/C25H30N4O3/c1-3-19-16-29(12-11-28(19)13-14-31-2)25(30)20-15-21(17-9-10-17)26-24-22(20)23(27-32-24)18-7-5-4-6-8-18/h4-8,15,17,19H,3,9-14,16H2,1-2H3. The second-order valence-electron chi connectivity index (χ2n) is 8.79. The van der Waals surface area contributed by atoms with Crippen LogP contribution in [-0.2, 0) is 4.74 Å². The first-order chi connectivity index (χ1) is 15.7. The van der Waals surface area contributed by atoms with Gasteiger partial charge in [-0.25, -0.2) is 4.98 Å². The summed E-state index contributed by atoms with van der Waals surface area (Å²) in [4.78, 5) is 23.0. The number of carbonyl (C=O) groups excluding carboxylic acids is 1. The summed E-state index contributed by atoms with van der Waals surface area (Å²) in [6, 6.07) is 12.2. The first-order valence-electron chi connectivity index (χ1n) is 11.6. The molecule has 1 amide bonds. The lowest BCUT2D eigenvalue weighted by molar-refractivity contribution is 0.0386. The zero-order valence-electron chi connectivity index (χ0n) is 18.8. The van der Waals surface area contributed by atoms with E-state index in [1.807, 2.05) is 41.3 Å². The molecule has 1 aliphatic heterocycles. The van der Waals surface area contributed by atoms with Crippen LogP contribution in [0.1, 0.15) is 48.2 Å². The van der Waals surface area contributed by atoms with Gasteiger partial charge in [-0.1, -0.05) is 42.4 Å². The van der Waals surface area contributed by atoms with E-state index in [4.69, 9.17) is 14.2 Å². The molecule has 1 unspecified atom stereocenters. The Labute approximate surface area is 188 Å². The molecular formula is C25H30N4O3. The largest absolute Gasteiger partial charge is 0.383 e. The Hall–Kier alpha value is -2.77. The van der Waals surface area contributed by atoms with Crippen molar-refractivity contribution in [1.29, 1.82) is 0 Å². The molecule has 0 spiro atoms. The Morgan fingerprint density at radius 1 is 1.22 bits per heavy atom. The minimum absolute atomic E-state index is 0.0459. The van der Waals surface area contributed by atoms with Gasteiger partial charge in [-0.15, -0.1) is 0 Å². The van der Waals surface area contributed by atoms with Crippen LogP contribution in [0.2, 0.25) is 0 Å². The number of carbonyl (C=O) groups is 1. The normalized spacial score (nSPS) is 19.6. The summed E-state index contributed by atoms with van der Waals surface area (Å²) >= 11 is 0. The zero-order valence-corrected chi connectivity index (χ0v) is 18.8. The van der Waals surface area contributed by atoms with Gasteiger partial charge in [-0.2, -0.15) is 0 Å². The zero-order chi connectivity index (χ0) is 22.1. The number of fused-ring (bicyclic) bond motifs is 1. The summed E-state index contributed by atoms with van der Waals surface area (Å²) in [5, 5.41) is 5.04. The van der Waals surface area contributed by atoms with Gasteiger partial charge in [0.05, 0.1) is 17.6 Å². The quantitative estimate of drug-likeness (QED) is 0.561. The molecule has 1 atom stereocenters. The summed E-state index contributed by atoms with van der Waals surface area (Å²) in [7, 11) is 1.73. The fourth-order valence-corrected chi connectivity index (χ4v) is 4.66. The van der Waals surface area contributed by atoms with E-state index in [0.717, 1.165) is 49.0 Å². The molecule has 2 aliphatic rings. The van der Waals surface area contributed by atoms with Gasteiger partial charge >= 0.3 is 0 Å². The van der Waals surface area contributed by atoms with Crippen LogP contribution in [-0.4, -0.2) is 71.8 Å². The van der Waals surface area contributed by atoms with Crippen molar-refractivity contribution in [2.24, 2.45) is 0 Å². The minimum Gasteiger partial charge on any atom is -0.383 e. The lowest BCUT2D eigenvalue weighted by Gasteiger charge is -2.41. The summed E-state index contributed by atoms with van der Waals surface area (Å²) in [5.74, 6) is 0.468. The van der Waals surface area contributed by atoms with Gasteiger partial charge in [-0.3, -0.25) is 9.69 Å². The van der Waals surface area contributed by atoms with E-state index in [1.165, 1.54) is 0 Å². The van der Waals surface area contributed by atoms with E-state index in [1.54, 1.807) is 7.11 Å². The molecule has 1 aromatic carbocycles. The van der Waals surface area contributed by atoms with Gasteiger partial charge in [0.25, 0.3) is 11.6 Å². The van der Waals surface area contributed by atoms with E-state index in [9.17, 15) is 4.79 Å². The second kappa shape index (κ2) is 9.00. The van der Waals surface area contributed by atoms with Gasteiger partial charge in [0.1, 0.15) is 5.69 Å². The molecule has 2 aromatic heterocycles. The predicted octanol–water partition coefficient (Wildman–Crippen LogP) is 3.95. The maximum atomic E-state index is 13.9. The van der Waals surface area contributed by atoms with E-state index >= 15 is 0 Å². The molecule has 7 heteroatoms. The van der Waals surface area contributed by atoms with Crippen LogP contribution < -0.4 is 0 Å². The number of rotatable bonds is 7. The molecule has 3 heterocycles. The van der Waals surface area contributed by atoms with Crippen molar-refractivity contribution in [3.63, 3.8) is 0 Å². The second-order valence-corrected chi connectivity index (χ2v) is 8.79. The van der Waals surface area contributed by atoms with E-state index < -0.39 is 0 Å². The maximum Gasteiger partial charge on any atom is 0.259 e. The molecule has 2 fully saturated rings. The fraction of sp³-hybridized carbons (Fsp3) is 0.480. The molecule has 7 nitrogen and oxygen atoms in total. The number of piperazine rings is 1. The predicted molar refractivity (Wildman–Crippen MR) is 123 cm³/mol. The fourth-order valence-electron chi connectivity index (χ4n) is 4.66. The number of hydrogen-bond donors (Lipinski definition) is 0. The highest BCUT2D eigenvalue weighted by Crippen LogP contribution is 2.41. The number of benzene rings is 1. The van der Waals surface area contributed by atoms with Crippen LogP contribution >= 0.6 is 0 Å². The van der Waals surface area contributed by atoms with Crippen molar-refractivity contribution < 1.29 is 14.1 Å². The first kappa shape index (κ1) is 21.1. The lowest BCUT2D eigenvalue weighted by Crippen LogP contribution is -2.55. The van der Waals surface area contributed by atoms with Crippen molar-refractivity contribution >= 4 is 17.0 Å². The van der Waals surface area contributed by atoms with Crippen LogP contribution in [0.5, 0.6) is 0 Å². The highest BCUT2D eigenvalue weighted by atomic mass is 16.5. The monoisotopic (exact) mass is 434 g/mol. The molecule has 1 aliphatic carbocycles. The van der Waals surface area contributed by atoms with Crippen molar-refractivity contribution in [2.45, 2.75) is 38.1 Å². The van der Waals surface area contributed by atoms with Gasteiger partial charge in [0, 0.05) is 56.5 Å². The number of nitrogens with zero attached hydrogens (tertiary/aromatic N) is 4. The van der Waals surface area contributed by atoms with Gasteiger partial charge in [-0.05, 0) is 25.3 Å². The Morgan fingerprint density at radius 2 is 2.03 bits per heavy atom. The molecule has 0 bridgehead atoms. The Kier molecular flexibility index (Phi) is 5.93. The van der Waals surface area contributed by atoms with Crippen LogP contribution in [0.4, 0.5) is 0 Å². The Morgan fingerprint density at radius 3 is 2.75 bits per heavy atom. The first-order valence-corrected chi connectivity index (χ1v) is 11.6. The molecule has 3 aromatic rings. The van der Waals surface area contributed by atoms with Crippen LogP contribution in [0.3, 0.4) is 0 Å². The van der Waals surface area contributed by atoms with Gasteiger partial charge < -0.3 is 14.2 Å². The number of aromatic nitrogens is 2. The minimum atomic E-state index is 0.0459. The van der Waals surface area contributed by atoms with Crippen LogP contribution in [0, 0.1) is 0 Å². The van der Waals surface area contributed by atoms with Crippen LogP contribution in [0.15, 0.2) is 40.9 Å². The van der Waals surface area contributed by atoms with E-state index in [-0.39, 0.29) is 5.91 Å². The number of methoxy groups -OCH3 is 1. The number of pyridine rings is 1. The van der Waals surface area contributed by atoms with E-state index in [0.29, 0.717) is 48.6 Å². The molecule has 5 rings (SSSR count). The number of amides is 1. The third kappa shape index (κ3) is 4.02. The molecule has 168 valence electrons. The summed E-state index contributed by atoms with van der Waals surface area (Å²) in [6.07, 6.45) is 3.22. The highest BCUT2D eigenvalue weighted by Gasteiger charge is 2.33.